The van der Waals surface area contributed by atoms with Gasteiger partial charge in [0.1, 0.15) is 5.82 Å². The van der Waals surface area contributed by atoms with Crippen LogP contribution in [0.25, 0.3) is 0 Å². The van der Waals surface area contributed by atoms with Gasteiger partial charge in [-0.05, 0) is 55.7 Å². The average molecular weight is 348 g/mol. The summed E-state index contributed by atoms with van der Waals surface area (Å²) in [6.07, 6.45) is 1.98. The minimum atomic E-state index is -3.64. The standard InChI is InChI=1S/C18H21FN2O2S/c1-14-12-17(9-10-18(14)19)24(22,23)20-13-16-8-5-11-21(16)15-6-3-2-4-7-15/h2-4,6-7,9-10,12,16,20H,5,8,11,13H2,1H3. The smallest absolute Gasteiger partial charge is 0.240 e. The zero-order chi connectivity index (χ0) is 17.2. The van der Waals surface area contributed by atoms with Crippen LogP contribution < -0.4 is 9.62 Å². The van der Waals surface area contributed by atoms with Crippen molar-refractivity contribution in [1.29, 1.82) is 0 Å². The second-order valence-corrected chi connectivity index (χ2v) is 7.85. The van der Waals surface area contributed by atoms with Crippen LogP contribution in [-0.2, 0) is 10.0 Å². The van der Waals surface area contributed by atoms with E-state index in [9.17, 15) is 12.8 Å². The summed E-state index contributed by atoms with van der Waals surface area (Å²) in [6.45, 7) is 2.82. The van der Waals surface area contributed by atoms with E-state index in [2.05, 4.69) is 9.62 Å². The Morgan fingerprint density at radius 2 is 1.96 bits per heavy atom. The lowest BCUT2D eigenvalue weighted by molar-refractivity contribution is 0.566. The lowest BCUT2D eigenvalue weighted by Crippen LogP contribution is -2.40. The summed E-state index contributed by atoms with van der Waals surface area (Å²) in [7, 11) is -3.64. The molecule has 1 atom stereocenters. The summed E-state index contributed by atoms with van der Waals surface area (Å²) < 4.78 is 40.9. The molecule has 0 aromatic heterocycles. The Kier molecular flexibility index (Phi) is 4.87. The Bertz CT molecular complexity index is 809. The molecule has 1 aliphatic rings. The molecule has 3 rings (SSSR count). The maximum absolute atomic E-state index is 13.3. The molecule has 6 heteroatoms. The highest BCUT2D eigenvalue weighted by molar-refractivity contribution is 7.89. The summed E-state index contributed by atoms with van der Waals surface area (Å²) in [4.78, 5) is 2.34. The first-order valence-electron chi connectivity index (χ1n) is 8.05. The van der Waals surface area contributed by atoms with Gasteiger partial charge < -0.3 is 4.90 Å². The molecule has 0 aliphatic carbocycles. The third kappa shape index (κ3) is 3.60. The van der Waals surface area contributed by atoms with Crippen LogP contribution in [0.2, 0.25) is 0 Å². The van der Waals surface area contributed by atoms with Crippen molar-refractivity contribution in [3.05, 3.63) is 59.9 Å². The fourth-order valence-electron chi connectivity index (χ4n) is 3.08. The van der Waals surface area contributed by atoms with Crippen LogP contribution >= 0.6 is 0 Å². The largest absolute Gasteiger partial charge is 0.367 e. The van der Waals surface area contributed by atoms with E-state index in [0.717, 1.165) is 25.1 Å². The van der Waals surface area contributed by atoms with E-state index < -0.39 is 15.8 Å². The number of hydrogen-bond donors (Lipinski definition) is 1. The zero-order valence-electron chi connectivity index (χ0n) is 13.6. The third-order valence-electron chi connectivity index (χ3n) is 4.41. The van der Waals surface area contributed by atoms with Crippen LogP contribution in [-0.4, -0.2) is 27.5 Å². The number of benzene rings is 2. The van der Waals surface area contributed by atoms with Crippen molar-refractivity contribution >= 4 is 15.7 Å². The lowest BCUT2D eigenvalue weighted by atomic mass is 10.2. The monoisotopic (exact) mass is 348 g/mol. The van der Waals surface area contributed by atoms with Crippen molar-refractivity contribution in [2.45, 2.75) is 30.7 Å². The van der Waals surface area contributed by atoms with E-state index in [-0.39, 0.29) is 10.9 Å². The van der Waals surface area contributed by atoms with E-state index >= 15 is 0 Å². The predicted molar refractivity (Wildman–Crippen MR) is 93.1 cm³/mol. The van der Waals surface area contributed by atoms with Gasteiger partial charge in [0, 0.05) is 24.8 Å². The van der Waals surface area contributed by atoms with Gasteiger partial charge in [0.2, 0.25) is 10.0 Å². The number of hydrogen-bond acceptors (Lipinski definition) is 3. The summed E-state index contributed by atoms with van der Waals surface area (Å²) in [5, 5.41) is 0. The van der Waals surface area contributed by atoms with E-state index in [1.807, 2.05) is 30.3 Å². The van der Waals surface area contributed by atoms with Crippen molar-refractivity contribution in [3.63, 3.8) is 0 Å². The Morgan fingerprint density at radius 3 is 2.67 bits per heavy atom. The van der Waals surface area contributed by atoms with Gasteiger partial charge in [-0.15, -0.1) is 0 Å². The first kappa shape index (κ1) is 16.9. The van der Waals surface area contributed by atoms with Crippen molar-refractivity contribution in [2.75, 3.05) is 18.0 Å². The molecule has 4 nitrogen and oxygen atoms in total. The van der Waals surface area contributed by atoms with Gasteiger partial charge in [0.15, 0.2) is 0 Å². The van der Waals surface area contributed by atoms with Gasteiger partial charge in [0.05, 0.1) is 4.90 Å². The molecule has 1 saturated heterocycles. The Balaban J connectivity index is 1.71. The molecule has 1 heterocycles. The second-order valence-electron chi connectivity index (χ2n) is 6.09. The van der Waals surface area contributed by atoms with Crippen molar-refractivity contribution < 1.29 is 12.8 Å². The summed E-state index contributed by atoms with van der Waals surface area (Å²) in [5.74, 6) is -0.403. The topological polar surface area (TPSA) is 49.4 Å². The molecular formula is C18H21FN2O2S. The van der Waals surface area contributed by atoms with Crippen molar-refractivity contribution in [2.24, 2.45) is 0 Å². The number of para-hydroxylation sites is 1. The van der Waals surface area contributed by atoms with Crippen molar-refractivity contribution in [1.82, 2.24) is 4.72 Å². The lowest BCUT2D eigenvalue weighted by Gasteiger charge is -2.27. The molecule has 0 saturated carbocycles. The molecule has 2 aromatic rings. The number of nitrogens with one attached hydrogen (secondary N) is 1. The molecule has 24 heavy (non-hydrogen) atoms. The molecule has 1 fully saturated rings. The van der Waals surface area contributed by atoms with Crippen LogP contribution in [0.4, 0.5) is 10.1 Å². The van der Waals surface area contributed by atoms with Crippen LogP contribution in [0.3, 0.4) is 0 Å². The molecule has 2 aromatic carbocycles. The first-order chi connectivity index (χ1) is 11.5. The fraction of sp³-hybridized carbons (Fsp3) is 0.333. The van der Waals surface area contributed by atoms with Crippen LogP contribution in [0.5, 0.6) is 0 Å². The summed E-state index contributed by atoms with van der Waals surface area (Å²) in [6, 6.07) is 14.0. The molecule has 128 valence electrons. The van der Waals surface area contributed by atoms with Gasteiger partial charge in [-0.2, -0.15) is 0 Å². The van der Waals surface area contributed by atoms with E-state index in [1.165, 1.54) is 18.2 Å². The van der Waals surface area contributed by atoms with E-state index in [1.54, 1.807) is 6.92 Å². The molecule has 1 unspecified atom stereocenters. The summed E-state index contributed by atoms with van der Waals surface area (Å²) >= 11 is 0. The highest BCUT2D eigenvalue weighted by atomic mass is 32.2. The molecule has 0 spiro atoms. The number of nitrogens with zero attached hydrogens (tertiary/aromatic N) is 1. The zero-order valence-corrected chi connectivity index (χ0v) is 14.4. The highest BCUT2D eigenvalue weighted by Gasteiger charge is 2.26. The molecule has 1 N–H and O–H groups in total. The maximum atomic E-state index is 13.3. The van der Waals surface area contributed by atoms with Gasteiger partial charge in [-0.25, -0.2) is 17.5 Å². The summed E-state index contributed by atoms with van der Waals surface area (Å²) in [5.41, 5.74) is 1.43. The van der Waals surface area contributed by atoms with Gasteiger partial charge in [-0.3, -0.25) is 0 Å². The number of halogens is 1. The van der Waals surface area contributed by atoms with Crippen LogP contribution in [0.15, 0.2) is 53.4 Å². The van der Waals surface area contributed by atoms with Crippen molar-refractivity contribution in [3.8, 4) is 0 Å². The Labute approximate surface area is 142 Å². The molecule has 0 amide bonds. The quantitative estimate of drug-likeness (QED) is 0.903. The predicted octanol–water partition coefficient (Wildman–Crippen LogP) is 3.08. The molecule has 0 bridgehead atoms. The molecular weight excluding hydrogens is 327 g/mol. The number of rotatable bonds is 5. The first-order valence-corrected chi connectivity index (χ1v) is 9.53. The van der Waals surface area contributed by atoms with Gasteiger partial charge >= 0.3 is 0 Å². The van der Waals surface area contributed by atoms with E-state index in [4.69, 9.17) is 0 Å². The SMILES string of the molecule is Cc1cc(S(=O)(=O)NCC2CCCN2c2ccccc2)ccc1F. The van der Waals surface area contributed by atoms with Crippen LogP contribution in [0.1, 0.15) is 18.4 Å². The number of sulfonamides is 1. The Morgan fingerprint density at radius 1 is 1.21 bits per heavy atom. The normalized spacial score (nSPS) is 18.1. The van der Waals surface area contributed by atoms with Gasteiger partial charge in [-0.1, -0.05) is 18.2 Å². The highest BCUT2D eigenvalue weighted by Crippen LogP contribution is 2.25. The molecule has 1 aliphatic heterocycles. The molecule has 0 radical (unpaired) electrons. The number of anilines is 1. The average Bonchev–Trinajstić information content (AvgIpc) is 3.05. The Hall–Kier alpha value is -1.92. The number of aryl methyl sites for hydroxylation is 1. The van der Waals surface area contributed by atoms with E-state index in [0.29, 0.717) is 12.1 Å². The van der Waals surface area contributed by atoms with Crippen LogP contribution in [0, 0.1) is 12.7 Å². The minimum Gasteiger partial charge on any atom is -0.367 e. The fourth-order valence-corrected chi connectivity index (χ4v) is 4.24. The third-order valence-corrected chi connectivity index (χ3v) is 5.83. The second kappa shape index (κ2) is 6.91. The maximum Gasteiger partial charge on any atom is 0.240 e. The minimum absolute atomic E-state index is 0.102. The van der Waals surface area contributed by atoms with Gasteiger partial charge in [0.25, 0.3) is 0 Å².